The van der Waals surface area contributed by atoms with Crippen LogP contribution in [0.2, 0.25) is 0 Å². The van der Waals surface area contributed by atoms with E-state index in [0.29, 0.717) is 22.5 Å². The summed E-state index contributed by atoms with van der Waals surface area (Å²) in [5.41, 5.74) is 8.72. The van der Waals surface area contributed by atoms with Gasteiger partial charge in [0.15, 0.2) is 5.58 Å². The fraction of sp³-hybridized carbons (Fsp3) is 0.0714. The van der Waals surface area contributed by atoms with Gasteiger partial charge in [0.2, 0.25) is 0 Å². The average molecular weight is 257 g/mol. The summed E-state index contributed by atoms with van der Waals surface area (Å²) >= 11 is 0. The van der Waals surface area contributed by atoms with Crippen molar-refractivity contribution < 1.29 is 8.81 Å². The summed E-state index contributed by atoms with van der Waals surface area (Å²) in [6.45, 7) is 1.88. The third kappa shape index (κ3) is 2.10. The van der Waals surface area contributed by atoms with E-state index in [1.54, 1.807) is 30.3 Å². The van der Waals surface area contributed by atoms with Gasteiger partial charge in [0.05, 0.1) is 11.4 Å². The first-order chi connectivity index (χ1) is 9.13. The van der Waals surface area contributed by atoms with Gasteiger partial charge in [-0.15, -0.1) is 0 Å². The molecule has 1 aromatic heterocycles. The van der Waals surface area contributed by atoms with E-state index in [2.05, 4.69) is 10.3 Å². The van der Waals surface area contributed by atoms with Crippen LogP contribution in [0.5, 0.6) is 0 Å². The molecule has 0 amide bonds. The van der Waals surface area contributed by atoms with Crippen LogP contribution in [0.3, 0.4) is 0 Å². The molecule has 0 fully saturated rings. The van der Waals surface area contributed by atoms with Crippen molar-refractivity contribution in [3.05, 3.63) is 47.8 Å². The summed E-state index contributed by atoms with van der Waals surface area (Å²) in [7, 11) is 0. The van der Waals surface area contributed by atoms with Gasteiger partial charge in [-0.25, -0.2) is 4.39 Å². The summed E-state index contributed by atoms with van der Waals surface area (Å²) in [6.07, 6.45) is 0. The molecule has 5 heteroatoms. The Morgan fingerprint density at radius 2 is 2.11 bits per heavy atom. The van der Waals surface area contributed by atoms with Crippen LogP contribution in [-0.4, -0.2) is 4.98 Å². The van der Waals surface area contributed by atoms with Crippen LogP contribution in [-0.2, 0) is 0 Å². The third-order valence-corrected chi connectivity index (χ3v) is 2.81. The lowest BCUT2D eigenvalue weighted by atomic mass is 10.2. The summed E-state index contributed by atoms with van der Waals surface area (Å²) in [5.74, 6) is -0.360. The molecule has 0 aliphatic rings. The molecule has 0 aliphatic carbocycles. The molecule has 3 rings (SSSR count). The summed E-state index contributed by atoms with van der Waals surface area (Å²) in [5, 5.41) is 2.82. The zero-order chi connectivity index (χ0) is 13.4. The number of halogens is 1. The SMILES string of the molecule is Cc1ccc(F)c(Nc2nc3c(N)cccc3o2)c1. The summed E-state index contributed by atoms with van der Waals surface area (Å²) < 4.78 is 19.1. The van der Waals surface area contributed by atoms with Crippen molar-refractivity contribution in [2.24, 2.45) is 0 Å². The molecule has 2 aromatic carbocycles. The number of aromatic nitrogens is 1. The number of benzene rings is 2. The number of hydrogen-bond acceptors (Lipinski definition) is 4. The van der Waals surface area contributed by atoms with Gasteiger partial charge in [-0.1, -0.05) is 12.1 Å². The molecular formula is C14H12FN3O. The van der Waals surface area contributed by atoms with Gasteiger partial charge in [-0.05, 0) is 36.8 Å². The van der Waals surface area contributed by atoms with Crippen LogP contribution < -0.4 is 11.1 Å². The van der Waals surface area contributed by atoms with Crippen LogP contribution in [0.25, 0.3) is 11.1 Å². The number of rotatable bonds is 2. The molecule has 96 valence electrons. The van der Waals surface area contributed by atoms with Gasteiger partial charge in [-0.2, -0.15) is 4.98 Å². The van der Waals surface area contributed by atoms with Crippen molar-refractivity contribution in [2.45, 2.75) is 6.92 Å². The highest BCUT2D eigenvalue weighted by Crippen LogP contribution is 2.27. The van der Waals surface area contributed by atoms with Gasteiger partial charge < -0.3 is 15.5 Å². The Kier molecular flexibility index (Phi) is 2.59. The number of hydrogen-bond donors (Lipinski definition) is 2. The number of nitrogens with two attached hydrogens (primary N) is 1. The smallest absolute Gasteiger partial charge is 0.300 e. The number of nitrogen functional groups attached to an aromatic ring is 1. The molecule has 0 aliphatic heterocycles. The number of fused-ring (bicyclic) bond motifs is 1. The fourth-order valence-corrected chi connectivity index (χ4v) is 1.87. The topological polar surface area (TPSA) is 64.1 Å². The van der Waals surface area contributed by atoms with Crippen molar-refractivity contribution in [1.82, 2.24) is 4.98 Å². The number of nitrogens with zero attached hydrogens (tertiary/aromatic N) is 1. The number of oxazole rings is 1. The number of anilines is 3. The molecule has 0 spiro atoms. The standard InChI is InChI=1S/C14H12FN3O/c1-8-5-6-9(15)11(7-8)17-14-18-13-10(16)3-2-4-12(13)19-14/h2-7H,16H2,1H3,(H,17,18). The Bertz CT molecular complexity index is 752. The highest BCUT2D eigenvalue weighted by Gasteiger charge is 2.10. The van der Waals surface area contributed by atoms with Crippen molar-refractivity contribution in [3.8, 4) is 0 Å². The number of aryl methyl sites for hydroxylation is 1. The lowest BCUT2D eigenvalue weighted by Crippen LogP contribution is -1.94. The number of nitrogens with one attached hydrogen (secondary N) is 1. The molecule has 0 saturated carbocycles. The molecular weight excluding hydrogens is 245 g/mol. The van der Waals surface area contributed by atoms with E-state index in [0.717, 1.165) is 5.56 Å². The molecule has 19 heavy (non-hydrogen) atoms. The zero-order valence-electron chi connectivity index (χ0n) is 10.3. The van der Waals surface area contributed by atoms with Gasteiger partial charge >= 0.3 is 0 Å². The molecule has 3 aromatic rings. The highest BCUT2D eigenvalue weighted by molar-refractivity contribution is 5.86. The molecule has 3 N–H and O–H groups in total. The number of para-hydroxylation sites is 1. The predicted molar refractivity (Wildman–Crippen MR) is 72.8 cm³/mol. The minimum Gasteiger partial charge on any atom is -0.423 e. The maximum atomic E-state index is 13.6. The fourth-order valence-electron chi connectivity index (χ4n) is 1.87. The second-order valence-corrected chi connectivity index (χ2v) is 4.32. The highest BCUT2D eigenvalue weighted by atomic mass is 19.1. The molecule has 0 unspecified atom stereocenters. The lowest BCUT2D eigenvalue weighted by Gasteiger charge is -2.03. The van der Waals surface area contributed by atoms with Gasteiger partial charge in [-0.3, -0.25) is 0 Å². The van der Waals surface area contributed by atoms with Crippen LogP contribution >= 0.6 is 0 Å². The molecule has 0 atom stereocenters. The molecule has 0 bridgehead atoms. The maximum absolute atomic E-state index is 13.6. The van der Waals surface area contributed by atoms with E-state index in [1.165, 1.54) is 6.07 Å². The Hall–Kier alpha value is -2.56. The quantitative estimate of drug-likeness (QED) is 0.688. The Balaban J connectivity index is 2.01. The second kappa shape index (κ2) is 4.28. The van der Waals surface area contributed by atoms with Crippen molar-refractivity contribution >= 4 is 28.5 Å². The van der Waals surface area contributed by atoms with Crippen molar-refractivity contribution in [1.29, 1.82) is 0 Å². The third-order valence-electron chi connectivity index (χ3n) is 2.81. The van der Waals surface area contributed by atoms with Crippen LogP contribution in [0, 0.1) is 12.7 Å². The first-order valence-electron chi connectivity index (χ1n) is 5.82. The minimum atomic E-state index is -0.360. The monoisotopic (exact) mass is 257 g/mol. The Labute approximate surface area is 109 Å². The van der Waals surface area contributed by atoms with Gasteiger partial charge in [0, 0.05) is 0 Å². The van der Waals surface area contributed by atoms with E-state index >= 15 is 0 Å². The van der Waals surface area contributed by atoms with Gasteiger partial charge in [0.25, 0.3) is 6.01 Å². The molecule has 0 radical (unpaired) electrons. The first kappa shape index (κ1) is 11.5. The van der Waals surface area contributed by atoms with Crippen molar-refractivity contribution in [3.63, 3.8) is 0 Å². The summed E-state index contributed by atoms with van der Waals surface area (Å²) in [6, 6.07) is 10.3. The van der Waals surface area contributed by atoms with E-state index < -0.39 is 0 Å². The van der Waals surface area contributed by atoms with Crippen LogP contribution in [0.15, 0.2) is 40.8 Å². The largest absolute Gasteiger partial charge is 0.423 e. The van der Waals surface area contributed by atoms with Gasteiger partial charge in [0.1, 0.15) is 11.3 Å². The second-order valence-electron chi connectivity index (χ2n) is 4.32. The van der Waals surface area contributed by atoms with E-state index in [1.807, 2.05) is 6.92 Å². The first-order valence-corrected chi connectivity index (χ1v) is 5.82. The van der Waals surface area contributed by atoms with Crippen LogP contribution in [0.1, 0.15) is 5.56 Å². The predicted octanol–water partition coefficient (Wildman–Crippen LogP) is 3.60. The zero-order valence-corrected chi connectivity index (χ0v) is 10.3. The molecule has 1 heterocycles. The van der Waals surface area contributed by atoms with Crippen LogP contribution in [0.4, 0.5) is 21.8 Å². The minimum absolute atomic E-state index is 0.220. The lowest BCUT2D eigenvalue weighted by molar-refractivity contribution is 0.611. The Morgan fingerprint density at radius 1 is 1.26 bits per heavy atom. The van der Waals surface area contributed by atoms with E-state index in [9.17, 15) is 4.39 Å². The molecule has 0 saturated heterocycles. The normalized spacial score (nSPS) is 10.8. The molecule has 4 nitrogen and oxygen atoms in total. The van der Waals surface area contributed by atoms with E-state index in [4.69, 9.17) is 10.2 Å². The summed E-state index contributed by atoms with van der Waals surface area (Å²) in [4.78, 5) is 4.21. The van der Waals surface area contributed by atoms with E-state index in [-0.39, 0.29) is 11.8 Å². The maximum Gasteiger partial charge on any atom is 0.300 e. The average Bonchev–Trinajstić information content (AvgIpc) is 2.78. The van der Waals surface area contributed by atoms with Crippen molar-refractivity contribution in [2.75, 3.05) is 11.1 Å². The Morgan fingerprint density at radius 3 is 2.89 bits per heavy atom.